The summed E-state index contributed by atoms with van der Waals surface area (Å²) in [6, 6.07) is 12.3. The van der Waals surface area contributed by atoms with Gasteiger partial charge in [-0.3, -0.25) is 25.8 Å². The number of hydrogen-bond donors (Lipinski definition) is 2. The van der Waals surface area contributed by atoms with E-state index >= 15 is 0 Å². The number of aromatic nitrogens is 2. The van der Waals surface area contributed by atoms with Crippen molar-refractivity contribution in [2.75, 3.05) is 5.43 Å². The predicted octanol–water partition coefficient (Wildman–Crippen LogP) is 3.86. The number of rotatable bonds is 6. The van der Waals surface area contributed by atoms with Crippen LogP contribution in [-0.2, 0) is 0 Å². The lowest BCUT2D eigenvalue weighted by Gasteiger charge is -2.11. The Morgan fingerprint density at radius 1 is 1.00 bits per heavy atom. The van der Waals surface area contributed by atoms with Gasteiger partial charge in [0.25, 0.3) is 5.91 Å². The Balaban J connectivity index is 1.83. The fraction of sp³-hybridized carbons (Fsp3) is 0.150. The van der Waals surface area contributed by atoms with E-state index in [9.17, 15) is 14.9 Å². The van der Waals surface area contributed by atoms with Crippen molar-refractivity contribution in [2.24, 2.45) is 0 Å². The van der Waals surface area contributed by atoms with Crippen LogP contribution in [0, 0.1) is 30.9 Å². The predicted molar refractivity (Wildman–Crippen MR) is 107 cm³/mol. The molecule has 1 amide bonds. The SMILES string of the molecule is Cc1ccc(C(=O)NNc2ncnc(Oc3cc(C)cc(C)c3)c2[N+](=O)[O-])cc1. The number of nitrogens with zero attached hydrogens (tertiary/aromatic N) is 3. The van der Waals surface area contributed by atoms with Crippen LogP contribution in [0.3, 0.4) is 0 Å². The molecule has 0 fully saturated rings. The van der Waals surface area contributed by atoms with Crippen LogP contribution in [0.4, 0.5) is 11.5 Å². The molecule has 0 aliphatic carbocycles. The first-order chi connectivity index (χ1) is 13.8. The highest BCUT2D eigenvalue weighted by atomic mass is 16.6. The molecule has 29 heavy (non-hydrogen) atoms. The highest BCUT2D eigenvalue weighted by molar-refractivity contribution is 5.95. The van der Waals surface area contributed by atoms with E-state index in [4.69, 9.17) is 4.74 Å². The Labute approximate surface area is 166 Å². The monoisotopic (exact) mass is 393 g/mol. The molecule has 148 valence electrons. The molecule has 2 aromatic carbocycles. The Kier molecular flexibility index (Phi) is 5.68. The minimum absolute atomic E-state index is 0.190. The normalized spacial score (nSPS) is 10.3. The van der Waals surface area contributed by atoms with Crippen LogP contribution in [-0.4, -0.2) is 20.8 Å². The maximum Gasteiger partial charge on any atom is 0.374 e. The first-order valence-electron chi connectivity index (χ1n) is 8.72. The summed E-state index contributed by atoms with van der Waals surface area (Å²) >= 11 is 0. The zero-order valence-corrected chi connectivity index (χ0v) is 16.1. The topological polar surface area (TPSA) is 119 Å². The van der Waals surface area contributed by atoms with Gasteiger partial charge in [-0.05, 0) is 56.2 Å². The summed E-state index contributed by atoms with van der Waals surface area (Å²) in [5.41, 5.74) is 7.69. The Morgan fingerprint density at radius 2 is 1.66 bits per heavy atom. The molecule has 0 aliphatic heterocycles. The van der Waals surface area contributed by atoms with Gasteiger partial charge >= 0.3 is 11.6 Å². The summed E-state index contributed by atoms with van der Waals surface area (Å²) < 4.78 is 5.63. The third kappa shape index (κ3) is 4.83. The molecule has 0 saturated heterocycles. The number of hydrogen-bond acceptors (Lipinski definition) is 7. The average molecular weight is 393 g/mol. The summed E-state index contributed by atoms with van der Waals surface area (Å²) in [5.74, 6) is -0.472. The molecule has 0 atom stereocenters. The lowest BCUT2D eigenvalue weighted by molar-refractivity contribution is -0.385. The second-order valence-electron chi connectivity index (χ2n) is 6.50. The van der Waals surface area contributed by atoms with Gasteiger partial charge in [-0.15, -0.1) is 0 Å². The number of amides is 1. The van der Waals surface area contributed by atoms with Gasteiger partial charge < -0.3 is 4.74 Å². The third-order valence-electron chi connectivity index (χ3n) is 3.99. The zero-order chi connectivity index (χ0) is 21.0. The van der Waals surface area contributed by atoms with E-state index in [-0.39, 0.29) is 11.7 Å². The fourth-order valence-electron chi connectivity index (χ4n) is 2.69. The maximum absolute atomic E-state index is 12.2. The van der Waals surface area contributed by atoms with E-state index in [1.165, 1.54) is 0 Å². The highest BCUT2D eigenvalue weighted by Crippen LogP contribution is 2.34. The lowest BCUT2D eigenvalue weighted by atomic mass is 10.1. The van der Waals surface area contributed by atoms with Gasteiger partial charge in [-0.1, -0.05) is 23.8 Å². The largest absolute Gasteiger partial charge is 0.434 e. The molecule has 0 saturated carbocycles. The molecule has 0 aliphatic rings. The van der Waals surface area contributed by atoms with Crippen molar-refractivity contribution in [3.63, 3.8) is 0 Å². The molecule has 0 bridgehead atoms. The number of carbonyl (C=O) groups excluding carboxylic acids is 1. The molecule has 0 unspecified atom stereocenters. The average Bonchev–Trinajstić information content (AvgIpc) is 2.65. The molecule has 3 rings (SSSR count). The molecule has 3 aromatic rings. The standard InChI is InChI=1S/C20H19N5O4/c1-12-4-6-15(7-5-12)19(26)24-23-18-17(25(27)28)20(22-11-21-18)29-16-9-13(2)8-14(3)10-16/h4-11H,1-3H3,(H,24,26)(H,21,22,23). The van der Waals surface area contributed by atoms with Crippen molar-refractivity contribution in [1.82, 2.24) is 15.4 Å². The van der Waals surface area contributed by atoms with Gasteiger partial charge in [0.15, 0.2) is 0 Å². The van der Waals surface area contributed by atoms with Crippen LogP contribution >= 0.6 is 0 Å². The van der Waals surface area contributed by atoms with E-state index in [2.05, 4.69) is 20.8 Å². The van der Waals surface area contributed by atoms with E-state index in [0.29, 0.717) is 11.3 Å². The van der Waals surface area contributed by atoms with Gasteiger partial charge in [-0.25, -0.2) is 4.98 Å². The van der Waals surface area contributed by atoms with Crippen molar-refractivity contribution in [3.8, 4) is 11.6 Å². The van der Waals surface area contributed by atoms with Crippen molar-refractivity contribution in [3.05, 3.63) is 81.2 Å². The molecular formula is C20H19N5O4. The number of hydrazine groups is 1. The van der Waals surface area contributed by atoms with Gasteiger partial charge in [0.05, 0.1) is 4.92 Å². The quantitative estimate of drug-likeness (QED) is 0.482. The van der Waals surface area contributed by atoms with E-state index in [1.54, 1.807) is 36.4 Å². The molecule has 1 aromatic heterocycles. The maximum atomic E-state index is 12.2. The Hall–Kier alpha value is -4.01. The Bertz CT molecular complexity index is 1050. The van der Waals surface area contributed by atoms with Gasteiger partial charge in [0.2, 0.25) is 5.82 Å². The minimum atomic E-state index is -0.668. The molecule has 2 N–H and O–H groups in total. The molecule has 9 heteroatoms. The van der Waals surface area contributed by atoms with Gasteiger partial charge in [-0.2, -0.15) is 4.98 Å². The zero-order valence-electron chi connectivity index (χ0n) is 16.1. The minimum Gasteiger partial charge on any atom is -0.434 e. The van der Waals surface area contributed by atoms with Crippen molar-refractivity contribution in [1.29, 1.82) is 0 Å². The Morgan fingerprint density at radius 3 is 2.28 bits per heavy atom. The van der Waals surface area contributed by atoms with Crippen molar-refractivity contribution < 1.29 is 14.5 Å². The second kappa shape index (κ2) is 8.34. The molecular weight excluding hydrogens is 374 g/mol. The van der Waals surface area contributed by atoms with Gasteiger partial charge in [0, 0.05) is 5.56 Å². The van der Waals surface area contributed by atoms with Crippen LogP contribution in [0.2, 0.25) is 0 Å². The van der Waals surface area contributed by atoms with Crippen LogP contribution in [0.5, 0.6) is 11.6 Å². The molecule has 0 radical (unpaired) electrons. The number of anilines is 1. The van der Waals surface area contributed by atoms with Crippen LogP contribution in [0.1, 0.15) is 27.0 Å². The summed E-state index contributed by atoms with van der Waals surface area (Å²) in [5, 5.41) is 11.6. The number of carbonyl (C=O) groups is 1. The van der Waals surface area contributed by atoms with Crippen LogP contribution in [0.25, 0.3) is 0 Å². The fourth-order valence-corrected chi connectivity index (χ4v) is 2.69. The summed E-state index contributed by atoms with van der Waals surface area (Å²) in [4.78, 5) is 30.9. The number of benzene rings is 2. The van der Waals surface area contributed by atoms with Crippen LogP contribution < -0.4 is 15.6 Å². The van der Waals surface area contributed by atoms with E-state index in [0.717, 1.165) is 23.0 Å². The first kappa shape index (κ1) is 19.7. The van der Waals surface area contributed by atoms with Gasteiger partial charge in [0.1, 0.15) is 12.1 Å². The molecule has 9 nitrogen and oxygen atoms in total. The summed E-state index contributed by atoms with van der Waals surface area (Å²) in [6.45, 7) is 5.69. The smallest absolute Gasteiger partial charge is 0.374 e. The lowest BCUT2D eigenvalue weighted by Crippen LogP contribution is -2.30. The van der Waals surface area contributed by atoms with Crippen LogP contribution in [0.15, 0.2) is 48.8 Å². The molecule has 0 spiro atoms. The van der Waals surface area contributed by atoms with Crippen molar-refractivity contribution in [2.45, 2.75) is 20.8 Å². The molecule has 1 heterocycles. The van der Waals surface area contributed by atoms with E-state index in [1.807, 2.05) is 26.8 Å². The van der Waals surface area contributed by atoms with Crippen molar-refractivity contribution >= 4 is 17.4 Å². The first-order valence-corrected chi connectivity index (χ1v) is 8.72. The summed E-state index contributed by atoms with van der Waals surface area (Å²) in [7, 11) is 0. The number of nitro groups is 1. The van der Waals surface area contributed by atoms with E-state index < -0.39 is 16.5 Å². The third-order valence-corrected chi connectivity index (χ3v) is 3.99. The summed E-state index contributed by atoms with van der Waals surface area (Å²) in [6.07, 6.45) is 1.12. The highest BCUT2D eigenvalue weighted by Gasteiger charge is 2.25. The number of nitrogens with one attached hydrogen (secondary N) is 2. The number of ether oxygens (including phenoxy) is 1. The number of aryl methyl sites for hydroxylation is 3. The second-order valence-corrected chi connectivity index (χ2v) is 6.50.